The van der Waals surface area contributed by atoms with E-state index >= 15 is 0 Å². The first-order valence-corrected chi connectivity index (χ1v) is 28.4. The lowest BCUT2D eigenvalue weighted by molar-refractivity contribution is -0.167. The van der Waals surface area contributed by atoms with Crippen LogP contribution in [-0.4, -0.2) is 37.2 Å². The molecule has 67 heavy (non-hydrogen) atoms. The Morgan fingerprint density at radius 3 is 0.955 bits per heavy atom. The lowest BCUT2D eigenvalue weighted by Crippen LogP contribution is -2.30. The molecule has 0 spiro atoms. The number of carbonyl (C=O) groups excluding carboxylic acids is 3. The van der Waals surface area contributed by atoms with E-state index in [9.17, 15) is 14.4 Å². The molecule has 0 amide bonds. The highest BCUT2D eigenvalue weighted by molar-refractivity contribution is 5.71. The molecule has 0 aliphatic carbocycles. The summed E-state index contributed by atoms with van der Waals surface area (Å²) in [5.74, 6) is -0.956. The van der Waals surface area contributed by atoms with Gasteiger partial charge in [0.15, 0.2) is 6.10 Å². The summed E-state index contributed by atoms with van der Waals surface area (Å²) in [7, 11) is 0. The predicted octanol–water partition coefficient (Wildman–Crippen LogP) is 19.0. The van der Waals surface area contributed by atoms with Crippen LogP contribution >= 0.6 is 0 Å². The predicted molar refractivity (Wildman–Crippen MR) is 288 cm³/mol. The Morgan fingerprint density at radius 1 is 0.299 bits per heavy atom. The number of hydrogen-bond acceptors (Lipinski definition) is 6. The van der Waals surface area contributed by atoms with Crippen molar-refractivity contribution in [1.29, 1.82) is 0 Å². The van der Waals surface area contributed by atoms with Crippen LogP contribution in [0.25, 0.3) is 0 Å². The molecule has 0 N–H and O–H groups in total. The van der Waals surface area contributed by atoms with Crippen molar-refractivity contribution in [3.63, 3.8) is 0 Å². The number of hydrogen-bond donors (Lipinski definition) is 0. The van der Waals surface area contributed by atoms with E-state index in [4.69, 9.17) is 14.2 Å². The molecule has 0 aromatic rings. The summed E-state index contributed by atoms with van der Waals surface area (Å²) in [6.45, 7) is 6.56. The van der Waals surface area contributed by atoms with E-state index in [1.807, 2.05) is 0 Å². The zero-order chi connectivity index (χ0) is 48.6. The molecule has 386 valence electrons. The highest BCUT2D eigenvalue weighted by Gasteiger charge is 2.19. The molecule has 0 heterocycles. The fourth-order valence-electron chi connectivity index (χ4n) is 7.84. The molecule has 0 aromatic carbocycles. The number of carbonyl (C=O) groups is 3. The lowest BCUT2D eigenvalue weighted by atomic mass is 10.1. The van der Waals surface area contributed by atoms with Crippen molar-refractivity contribution in [1.82, 2.24) is 0 Å². The molecule has 0 saturated carbocycles. The van der Waals surface area contributed by atoms with Gasteiger partial charge in [-0.2, -0.15) is 0 Å². The minimum absolute atomic E-state index is 0.0965. The average Bonchev–Trinajstić information content (AvgIpc) is 3.33. The topological polar surface area (TPSA) is 78.9 Å². The standard InChI is InChI=1S/C61H106O6/c1-4-7-10-13-16-19-22-25-28-30-33-35-38-41-44-47-50-53-59(62)65-56-58(67-61(64)55-52-49-46-43-40-37-32-27-24-21-18-15-12-9-6-3)57-66-60(63)54-51-48-45-42-39-36-34-31-29-26-23-20-17-14-11-8-5-2/h16,19,21,24-26,28-29,34,36,42,45,58H,4-15,17-18,20,22-23,27,30-33,35,37-41,43-44,46-57H2,1-3H3/b19-16-,24-21-,28-25-,29-26-,36-34-,45-42-/t58-/m1/s1. The number of rotatable bonds is 51. The molecule has 0 radical (unpaired) electrons. The zero-order valence-corrected chi connectivity index (χ0v) is 44.2. The molecular weight excluding hydrogens is 829 g/mol. The van der Waals surface area contributed by atoms with Crippen LogP contribution in [0.1, 0.15) is 278 Å². The fraction of sp³-hybridized carbons (Fsp3) is 0.754. The lowest BCUT2D eigenvalue weighted by Gasteiger charge is -2.18. The van der Waals surface area contributed by atoms with Crippen molar-refractivity contribution in [3.8, 4) is 0 Å². The van der Waals surface area contributed by atoms with Crippen molar-refractivity contribution >= 4 is 17.9 Å². The molecule has 6 nitrogen and oxygen atoms in total. The van der Waals surface area contributed by atoms with Crippen LogP contribution in [0.3, 0.4) is 0 Å². The Labute approximate surface area is 414 Å². The third-order valence-corrected chi connectivity index (χ3v) is 12.2. The van der Waals surface area contributed by atoms with E-state index in [1.165, 1.54) is 161 Å². The van der Waals surface area contributed by atoms with Gasteiger partial charge in [0, 0.05) is 19.3 Å². The van der Waals surface area contributed by atoms with Crippen molar-refractivity contribution in [2.24, 2.45) is 0 Å². The van der Waals surface area contributed by atoms with Gasteiger partial charge in [-0.25, -0.2) is 0 Å². The zero-order valence-electron chi connectivity index (χ0n) is 44.2. The molecule has 6 heteroatoms. The van der Waals surface area contributed by atoms with E-state index in [2.05, 4.69) is 93.7 Å². The van der Waals surface area contributed by atoms with Gasteiger partial charge in [0.2, 0.25) is 0 Å². The van der Waals surface area contributed by atoms with Crippen LogP contribution in [0.5, 0.6) is 0 Å². The highest BCUT2D eigenvalue weighted by Crippen LogP contribution is 2.14. The van der Waals surface area contributed by atoms with E-state index in [0.717, 1.165) is 70.6 Å². The van der Waals surface area contributed by atoms with Crippen molar-refractivity contribution < 1.29 is 28.6 Å². The molecule has 0 unspecified atom stereocenters. The summed E-state index contributed by atoms with van der Waals surface area (Å²) in [5, 5.41) is 0. The molecule has 0 aliphatic heterocycles. The van der Waals surface area contributed by atoms with Gasteiger partial charge in [-0.3, -0.25) is 14.4 Å². The highest BCUT2D eigenvalue weighted by atomic mass is 16.6. The van der Waals surface area contributed by atoms with Crippen LogP contribution in [0, 0.1) is 0 Å². The first-order valence-electron chi connectivity index (χ1n) is 28.4. The molecular formula is C61H106O6. The first kappa shape index (κ1) is 63.8. The average molecular weight is 936 g/mol. The Hall–Kier alpha value is -3.15. The van der Waals surface area contributed by atoms with E-state index in [0.29, 0.717) is 19.3 Å². The third-order valence-electron chi connectivity index (χ3n) is 12.2. The van der Waals surface area contributed by atoms with Gasteiger partial charge in [0.05, 0.1) is 0 Å². The van der Waals surface area contributed by atoms with Crippen molar-refractivity contribution in [2.75, 3.05) is 13.2 Å². The fourth-order valence-corrected chi connectivity index (χ4v) is 7.84. The van der Waals surface area contributed by atoms with Gasteiger partial charge in [-0.1, -0.05) is 222 Å². The van der Waals surface area contributed by atoms with Crippen LogP contribution < -0.4 is 0 Å². The van der Waals surface area contributed by atoms with E-state index < -0.39 is 6.10 Å². The van der Waals surface area contributed by atoms with Crippen LogP contribution in [0.4, 0.5) is 0 Å². The summed E-state index contributed by atoms with van der Waals surface area (Å²) in [6.07, 6.45) is 70.3. The summed E-state index contributed by atoms with van der Waals surface area (Å²) in [4.78, 5) is 38.1. The Morgan fingerprint density at radius 2 is 0.552 bits per heavy atom. The Balaban J connectivity index is 4.46. The maximum atomic E-state index is 12.8. The molecule has 0 saturated heterocycles. The quantitative estimate of drug-likeness (QED) is 0.0262. The Kier molecular flexibility index (Phi) is 52.8. The maximum absolute atomic E-state index is 12.8. The SMILES string of the molecule is CCCCC/C=C\C/C=C\CCCCCCCCCC(=O)OC[C@H](COC(=O)CCC/C=C\C/C=C\C/C=C\CCCCCCCC)OC(=O)CCCCCCCCC/C=C\CCCCCC. The molecule has 1 atom stereocenters. The van der Waals surface area contributed by atoms with Crippen LogP contribution in [0.2, 0.25) is 0 Å². The Bertz CT molecular complexity index is 1260. The summed E-state index contributed by atoms with van der Waals surface area (Å²) in [5.41, 5.74) is 0. The molecule has 0 aliphatic rings. The molecule has 0 aromatic heterocycles. The molecule has 0 bridgehead atoms. The second kappa shape index (κ2) is 55.4. The van der Waals surface area contributed by atoms with Crippen LogP contribution in [0.15, 0.2) is 72.9 Å². The van der Waals surface area contributed by atoms with Gasteiger partial charge < -0.3 is 14.2 Å². The maximum Gasteiger partial charge on any atom is 0.306 e. The third kappa shape index (κ3) is 53.7. The normalized spacial score (nSPS) is 12.6. The minimum Gasteiger partial charge on any atom is -0.462 e. The monoisotopic (exact) mass is 935 g/mol. The number of allylic oxidation sites excluding steroid dienone is 12. The van der Waals surface area contributed by atoms with Gasteiger partial charge in [0.25, 0.3) is 0 Å². The largest absolute Gasteiger partial charge is 0.462 e. The van der Waals surface area contributed by atoms with Gasteiger partial charge in [0.1, 0.15) is 13.2 Å². The second-order valence-corrected chi connectivity index (χ2v) is 18.8. The first-order chi connectivity index (χ1) is 33.0. The van der Waals surface area contributed by atoms with E-state index in [1.54, 1.807) is 0 Å². The van der Waals surface area contributed by atoms with Gasteiger partial charge in [-0.15, -0.1) is 0 Å². The summed E-state index contributed by atoms with van der Waals surface area (Å²) >= 11 is 0. The summed E-state index contributed by atoms with van der Waals surface area (Å²) < 4.78 is 16.8. The number of esters is 3. The molecule has 0 fully saturated rings. The van der Waals surface area contributed by atoms with Crippen molar-refractivity contribution in [2.45, 2.75) is 284 Å². The summed E-state index contributed by atoms with van der Waals surface area (Å²) in [6, 6.07) is 0. The van der Waals surface area contributed by atoms with Crippen LogP contribution in [-0.2, 0) is 28.6 Å². The number of ether oxygens (including phenoxy) is 3. The van der Waals surface area contributed by atoms with E-state index in [-0.39, 0.29) is 37.5 Å². The number of unbranched alkanes of at least 4 members (excludes halogenated alkanes) is 28. The van der Waals surface area contributed by atoms with Gasteiger partial charge >= 0.3 is 17.9 Å². The molecule has 0 rings (SSSR count). The minimum atomic E-state index is -0.801. The van der Waals surface area contributed by atoms with Crippen molar-refractivity contribution in [3.05, 3.63) is 72.9 Å². The smallest absolute Gasteiger partial charge is 0.306 e. The second-order valence-electron chi connectivity index (χ2n) is 18.8. The van der Waals surface area contributed by atoms with Gasteiger partial charge in [-0.05, 0) is 109 Å².